The minimum absolute atomic E-state index is 0.194. The Balaban J connectivity index is 1.43. The molecule has 1 heterocycles. The van der Waals surface area contributed by atoms with Crippen molar-refractivity contribution < 1.29 is 18.7 Å². The molecule has 168 valence electrons. The first-order chi connectivity index (χ1) is 16.0. The highest BCUT2D eigenvalue weighted by Crippen LogP contribution is 2.46. The molecule has 0 N–H and O–H groups in total. The predicted octanol–water partition coefficient (Wildman–Crippen LogP) is 5.52. The molecule has 0 saturated heterocycles. The molecule has 1 saturated carbocycles. The van der Waals surface area contributed by atoms with Gasteiger partial charge in [-0.3, -0.25) is 9.78 Å². The summed E-state index contributed by atoms with van der Waals surface area (Å²) in [6, 6.07) is 18.3. The molecule has 1 aliphatic carbocycles. The van der Waals surface area contributed by atoms with E-state index in [1.54, 1.807) is 19.2 Å². The molecule has 4 rings (SSSR count). The van der Waals surface area contributed by atoms with Crippen LogP contribution in [0.15, 0.2) is 60.8 Å². The minimum Gasteiger partial charge on any atom is -0.489 e. The average molecular weight is 445 g/mol. The summed E-state index contributed by atoms with van der Waals surface area (Å²) >= 11 is 0. The first kappa shape index (κ1) is 22.5. The van der Waals surface area contributed by atoms with Gasteiger partial charge in [-0.25, -0.2) is 4.39 Å². The van der Waals surface area contributed by atoms with Crippen LogP contribution >= 0.6 is 0 Å². The number of aryl methyl sites for hydroxylation is 1. The van der Waals surface area contributed by atoms with Gasteiger partial charge in [0.1, 0.15) is 18.2 Å². The summed E-state index contributed by atoms with van der Waals surface area (Å²) in [5, 5.41) is 9.37. The van der Waals surface area contributed by atoms with E-state index >= 15 is 0 Å². The first-order valence-electron chi connectivity index (χ1n) is 11.1. The fourth-order valence-electron chi connectivity index (χ4n) is 3.74. The van der Waals surface area contributed by atoms with E-state index in [1.807, 2.05) is 36.4 Å². The van der Waals surface area contributed by atoms with Crippen LogP contribution in [-0.4, -0.2) is 17.6 Å². The summed E-state index contributed by atoms with van der Waals surface area (Å²) in [6.07, 6.45) is 4.36. The van der Waals surface area contributed by atoms with Crippen molar-refractivity contribution in [2.45, 2.75) is 44.6 Å². The van der Waals surface area contributed by atoms with Gasteiger partial charge in [-0.05, 0) is 67.6 Å². The lowest BCUT2D eigenvalue weighted by molar-refractivity contribution is -0.143. The molecule has 0 atom stereocenters. The number of pyridine rings is 1. The number of nitrogens with zero attached hydrogens (tertiary/aromatic N) is 2. The molecule has 0 bridgehead atoms. The van der Waals surface area contributed by atoms with Gasteiger partial charge in [0.05, 0.1) is 23.8 Å². The zero-order valence-electron chi connectivity index (χ0n) is 18.5. The molecule has 3 aromatic rings. The third kappa shape index (κ3) is 5.38. The Morgan fingerprint density at radius 3 is 2.58 bits per heavy atom. The second-order valence-corrected chi connectivity index (χ2v) is 8.17. The van der Waals surface area contributed by atoms with Gasteiger partial charge in [-0.15, -0.1) is 0 Å². The zero-order chi connectivity index (χ0) is 23.3. The number of aromatic nitrogens is 1. The molecule has 1 fully saturated rings. The summed E-state index contributed by atoms with van der Waals surface area (Å²) in [5.74, 6) is 0.111. The minimum atomic E-state index is -0.435. The van der Waals surface area contributed by atoms with Crippen molar-refractivity contribution in [3.8, 4) is 22.9 Å². The van der Waals surface area contributed by atoms with Crippen LogP contribution in [-0.2, 0) is 28.0 Å². The Bertz CT molecular complexity index is 1160. The third-order valence-electron chi connectivity index (χ3n) is 5.84. The summed E-state index contributed by atoms with van der Waals surface area (Å²) < 4.78 is 24.8. The summed E-state index contributed by atoms with van der Waals surface area (Å²) in [4.78, 5) is 16.0. The van der Waals surface area contributed by atoms with E-state index < -0.39 is 5.41 Å². The maximum absolute atomic E-state index is 14.0. The Kier molecular flexibility index (Phi) is 6.69. The summed E-state index contributed by atoms with van der Waals surface area (Å²) in [6.45, 7) is 2.37. The highest BCUT2D eigenvalue weighted by atomic mass is 19.1. The van der Waals surface area contributed by atoms with Crippen molar-refractivity contribution in [1.29, 1.82) is 5.26 Å². The maximum Gasteiger partial charge on any atom is 0.306 e. The van der Waals surface area contributed by atoms with Crippen molar-refractivity contribution in [3.63, 3.8) is 0 Å². The lowest BCUT2D eigenvalue weighted by atomic mass is 9.98. The van der Waals surface area contributed by atoms with Crippen LogP contribution in [0, 0.1) is 17.1 Å². The number of carbonyl (C=O) groups is 1. The number of hydrogen-bond acceptors (Lipinski definition) is 5. The molecule has 0 aliphatic heterocycles. The van der Waals surface area contributed by atoms with Gasteiger partial charge >= 0.3 is 5.97 Å². The van der Waals surface area contributed by atoms with Crippen molar-refractivity contribution in [2.75, 3.05) is 6.61 Å². The second-order valence-electron chi connectivity index (χ2n) is 8.17. The number of hydrogen-bond donors (Lipinski definition) is 0. The summed E-state index contributed by atoms with van der Waals surface area (Å²) in [5.41, 5.74) is 3.76. The van der Waals surface area contributed by atoms with Gasteiger partial charge < -0.3 is 9.47 Å². The Morgan fingerprint density at radius 2 is 1.94 bits per heavy atom. The number of nitriles is 1. The average Bonchev–Trinajstić information content (AvgIpc) is 3.64. The fraction of sp³-hybridized carbons (Fsp3) is 0.296. The van der Waals surface area contributed by atoms with Gasteiger partial charge in [0.25, 0.3) is 0 Å². The van der Waals surface area contributed by atoms with E-state index in [-0.39, 0.29) is 18.4 Å². The number of esters is 1. The van der Waals surface area contributed by atoms with E-state index in [1.165, 1.54) is 12.1 Å². The van der Waals surface area contributed by atoms with E-state index in [4.69, 9.17) is 9.47 Å². The van der Waals surface area contributed by atoms with Crippen LogP contribution in [0.3, 0.4) is 0 Å². The number of halogens is 1. The molecule has 1 aliphatic rings. The van der Waals surface area contributed by atoms with E-state index in [0.29, 0.717) is 30.8 Å². The van der Waals surface area contributed by atoms with Crippen molar-refractivity contribution in [2.24, 2.45) is 0 Å². The van der Waals surface area contributed by atoms with Gasteiger partial charge in [0.2, 0.25) is 0 Å². The Morgan fingerprint density at radius 1 is 1.15 bits per heavy atom. The number of ether oxygens (including phenoxy) is 2. The van der Waals surface area contributed by atoms with Crippen LogP contribution in [0.1, 0.15) is 43.0 Å². The molecule has 1 aromatic heterocycles. The van der Waals surface area contributed by atoms with Crippen LogP contribution < -0.4 is 4.74 Å². The van der Waals surface area contributed by atoms with Crippen molar-refractivity contribution in [1.82, 2.24) is 4.98 Å². The SMILES string of the molecule is CCOC(=O)CCc1ccc(OCc2cc(F)ccc2-c2ccc(C3(C#N)CC3)nc2)cc1. The summed E-state index contributed by atoms with van der Waals surface area (Å²) in [7, 11) is 0. The van der Waals surface area contributed by atoms with Crippen molar-refractivity contribution in [3.05, 3.63) is 83.4 Å². The molecule has 2 aromatic carbocycles. The van der Waals surface area contributed by atoms with Crippen LogP contribution in [0.2, 0.25) is 0 Å². The smallest absolute Gasteiger partial charge is 0.306 e. The largest absolute Gasteiger partial charge is 0.489 e. The normalized spacial score (nSPS) is 13.7. The first-order valence-corrected chi connectivity index (χ1v) is 11.1. The molecule has 0 spiro atoms. The van der Waals surface area contributed by atoms with Gasteiger partial charge in [-0.1, -0.05) is 24.3 Å². The number of benzene rings is 2. The topological polar surface area (TPSA) is 72.2 Å². The maximum atomic E-state index is 14.0. The monoisotopic (exact) mass is 444 g/mol. The molecule has 0 amide bonds. The van der Waals surface area contributed by atoms with E-state index in [2.05, 4.69) is 11.1 Å². The Hall–Kier alpha value is -3.72. The standard InChI is InChI=1S/C27H25FN2O3/c1-2-32-26(31)12-5-19-3-8-23(9-4-19)33-17-21-15-22(28)7-10-24(21)20-6-11-25(30-16-20)27(18-29)13-14-27/h3-4,6-11,15-16H,2,5,12-14,17H2,1H3. The molecule has 0 unspecified atom stereocenters. The van der Waals surface area contributed by atoms with Gasteiger partial charge in [0.15, 0.2) is 0 Å². The quantitative estimate of drug-likeness (QED) is 0.407. The third-order valence-corrected chi connectivity index (χ3v) is 5.84. The molecule has 33 heavy (non-hydrogen) atoms. The lowest BCUT2D eigenvalue weighted by Crippen LogP contribution is -2.05. The number of rotatable bonds is 9. The zero-order valence-corrected chi connectivity index (χ0v) is 18.5. The van der Waals surface area contributed by atoms with Crippen LogP contribution in [0.5, 0.6) is 5.75 Å². The second kappa shape index (κ2) is 9.83. The molecule has 0 radical (unpaired) electrons. The molecular weight excluding hydrogens is 419 g/mol. The van der Waals surface area contributed by atoms with Gasteiger partial charge in [-0.2, -0.15) is 5.26 Å². The van der Waals surface area contributed by atoms with Crippen molar-refractivity contribution >= 4 is 5.97 Å². The Labute approximate surface area is 192 Å². The van der Waals surface area contributed by atoms with E-state index in [9.17, 15) is 14.4 Å². The molecule has 5 nitrogen and oxygen atoms in total. The fourth-order valence-corrected chi connectivity index (χ4v) is 3.74. The van der Waals surface area contributed by atoms with Gasteiger partial charge in [0, 0.05) is 23.7 Å². The van der Waals surface area contributed by atoms with Crippen LogP contribution in [0.25, 0.3) is 11.1 Å². The predicted molar refractivity (Wildman–Crippen MR) is 122 cm³/mol. The molecule has 6 heteroatoms. The van der Waals surface area contributed by atoms with E-state index in [0.717, 1.165) is 35.2 Å². The lowest BCUT2D eigenvalue weighted by Gasteiger charge is -2.13. The number of carbonyl (C=O) groups excluding carboxylic acids is 1. The highest BCUT2D eigenvalue weighted by molar-refractivity contribution is 5.69. The van der Waals surface area contributed by atoms with Crippen LogP contribution in [0.4, 0.5) is 4.39 Å². The molecular formula is C27H25FN2O3. The highest BCUT2D eigenvalue weighted by Gasteiger charge is 2.46.